The number of morpholine rings is 1. The van der Waals surface area contributed by atoms with E-state index in [0.717, 1.165) is 55.8 Å². The Morgan fingerprint density at radius 3 is 2.74 bits per heavy atom. The minimum atomic E-state index is -0.348. The van der Waals surface area contributed by atoms with Gasteiger partial charge in [0.05, 0.1) is 42.4 Å². The molecule has 0 aliphatic carbocycles. The molecule has 4 aromatic heterocycles. The van der Waals surface area contributed by atoms with Gasteiger partial charge in [0.25, 0.3) is 5.91 Å². The number of ether oxygens (including phenoxy) is 1. The van der Waals surface area contributed by atoms with Crippen molar-refractivity contribution in [1.29, 1.82) is 0 Å². The van der Waals surface area contributed by atoms with Crippen LogP contribution in [-0.4, -0.2) is 92.1 Å². The SMILES string of the molecule is C=CC(=O)N[C@@H]1CCCN(Cc2ccnc(C(=O)Nc3cnc(-c4cc5c(N6CCOCC6)ncnc5[nH]4)nc3)c2)C1. The highest BCUT2D eigenvalue weighted by atomic mass is 16.5. The van der Waals surface area contributed by atoms with E-state index >= 15 is 0 Å². The molecule has 2 saturated heterocycles. The highest BCUT2D eigenvalue weighted by Gasteiger charge is 2.22. The standard InChI is InChI=1S/C29H32N10O3/c1-2-25(40)35-20-4-3-7-38(17-20)16-19-5-6-30-24(12-19)29(41)36-21-14-31-27(32-15-21)23-13-22-26(37-23)33-18-34-28(22)39-8-10-42-11-9-39/h2,5-6,12-15,18,20H,1,3-4,7-11,16-17H2,(H,35,40)(H,36,41)(H,33,34,37)/t20-/m1/s1. The van der Waals surface area contributed by atoms with Crippen LogP contribution < -0.4 is 15.5 Å². The number of H-pyrrole nitrogens is 1. The third-order valence-electron chi connectivity index (χ3n) is 7.37. The van der Waals surface area contributed by atoms with Gasteiger partial charge in [-0.15, -0.1) is 0 Å². The third-order valence-corrected chi connectivity index (χ3v) is 7.37. The predicted molar refractivity (Wildman–Crippen MR) is 157 cm³/mol. The van der Waals surface area contributed by atoms with Crippen LogP contribution in [0.5, 0.6) is 0 Å². The minimum absolute atomic E-state index is 0.0842. The van der Waals surface area contributed by atoms with Crippen LogP contribution in [0.1, 0.15) is 28.9 Å². The van der Waals surface area contributed by atoms with Crippen molar-refractivity contribution in [2.24, 2.45) is 0 Å². The lowest BCUT2D eigenvalue weighted by molar-refractivity contribution is -0.117. The summed E-state index contributed by atoms with van der Waals surface area (Å²) in [4.78, 5) is 54.4. The van der Waals surface area contributed by atoms with Gasteiger partial charge in [-0.1, -0.05) is 6.58 Å². The van der Waals surface area contributed by atoms with Crippen LogP contribution in [0.3, 0.4) is 0 Å². The normalized spacial score (nSPS) is 17.6. The molecule has 4 aromatic rings. The lowest BCUT2D eigenvalue weighted by Gasteiger charge is -2.33. The van der Waals surface area contributed by atoms with E-state index in [-0.39, 0.29) is 17.9 Å². The average Bonchev–Trinajstić information content (AvgIpc) is 3.47. The number of nitrogens with zero attached hydrogens (tertiary/aromatic N) is 7. The Morgan fingerprint density at radius 2 is 1.93 bits per heavy atom. The van der Waals surface area contributed by atoms with Gasteiger partial charge in [0.2, 0.25) is 5.91 Å². The van der Waals surface area contributed by atoms with Crippen molar-refractivity contribution >= 4 is 34.4 Å². The number of aromatic nitrogens is 6. The first-order chi connectivity index (χ1) is 20.6. The van der Waals surface area contributed by atoms with Gasteiger partial charge in [-0.3, -0.25) is 19.5 Å². The summed E-state index contributed by atoms with van der Waals surface area (Å²) in [6.45, 7) is 8.70. The summed E-state index contributed by atoms with van der Waals surface area (Å²) in [5, 5.41) is 6.70. The number of carbonyl (C=O) groups excluding carboxylic acids is 2. The number of fused-ring (bicyclic) bond motifs is 1. The molecule has 0 bridgehead atoms. The van der Waals surface area contributed by atoms with Crippen molar-refractivity contribution in [3.05, 3.63) is 67.0 Å². The molecule has 216 valence electrons. The zero-order valence-corrected chi connectivity index (χ0v) is 23.1. The molecule has 6 rings (SSSR count). The van der Waals surface area contributed by atoms with E-state index in [1.54, 1.807) is 31.0 Å². The first kappa shape index (κ1) is 27.4. The molecule has 42 heavy (non-hydrogen) atoms. The quantitative estimate of drug-likeness (QED) is 0.269. The summed E-state index contributed by atoms with van der Waals surface area (Å²) < 4.78 is 5.47. The fourth-order valence-electron chi connectivity index (χ4n) is 5.33. The van der Waals surface area contributed by atoms with Crippen LogP contribution in [-0.2, 0) is 16.1 Å². The van der Waals surface area contributed by atoms with Gasteiger partial charge in [0.1, 0.15) is 23.5 Å². The number of anilines is 2. The van der Waals surface area contributed by atoms with Crippen molar-refractivity contribution in [2.75, 3.05) is 49.6 Å². The summed E-state index contributed by atoms with van der Waals surface area (Å²) in [5.41, 5.74) is 3.13. The second kappa shape index (κ2) is 12.4. The molecule has 2 aliphatic rings. The minimum Gasteiger partial charge on any atom is -0.378 e. The summed E-state index contributed by atoms with van der Waals surface area (Å²) in [5.74, 6) is 0.821. The number of hydrogen-bond donors (Lipinski definition) is 3. The number of amides is 2. The molecule has 0 spiro atoms. The Kier molecular flexibility index (Phi) is 8.10. The Labute approximate surface area is 242 Å². The average molecular weight is 569 g/mol. The third kappa shape index (κ3) is 6.26. The Morgan fingerprint density at radius 1 is 1.10 bits per heavy atom. The smallest absolute Gasteiger partial charge is 0.274 e. The van der Waals surface area contributed by atoms with Crippen LogP contribution in [0, 0.1) is 0 Å². The molecule has 0 radical (unpaired) electrons. The Balaban J connectivity index is 1.10. The van der Waals surface area contributed by atoms with Gasteiger partial charge >= 0.3 is 0 Å². The summed E-state index contributed by atoms with van der Waals surface area (Å²) in [6, 6.07) is 5.71. The van der Waals surface area contributed by atoms with E-state index in [9.17, 15) is 9.59 Å². The number of nitrogens with one attached hydrogen (secondary N) is 3. The van der Waals surface area contributed by atoms with Gasteiger partial charge in [0.15, 0.2) is 5.82 Å². The predicted octanol–water partition coefficient (Wildman–Crippen LogP) is 2.17. The first-order valence-corrected chi connectivity index (χ1v) is 14.0. The molecule has 13 heteroatoms. The lowest BCUT2D eigenvalue weighted by atomic mass is 10.0. The zero-order valence-electron chi connectivity index (χ0n) is 23.1. The monoisotopic (exact) mass is 568 g/mol. The van der Waals surface area contributed by atoms with Crippen molar-refractivity contribution < 1.29 is 14.3 Å². The zero-order chi connectivity index (χ0) is 28.9. The number of piperidine rings is 1. The summed E-state index contributed by atoms with van der Waals surface area (Å²) in [6.07, 6.45) is 9.52. The molecule has 2 aliphatic heterocycles. The molecule has 13 nitrogen and oxygen atoms in total. The van der Waals surface area contributed by atoms with Crippen molar-refractivity contribution in [3.63, 3.8) is 0 Å². The maximum Gasteiger partial charge on any atom is 0.274 e. The molecule has 0 saturated carbocycles. The number of hydrogen-bond acceptors (Lipinski definition) is 10. The largest absolute Gasteiger partial charge is 0.378 e. The van der Waals surface area contributed by atoms with Gasteiger partial charge in [-0.2, -0.15) is 0 Å². The van der Waals surface area contributed by atoms with Crippen LogP contribution >= 0.6 is 0 Å². The van der Waals surface area contributed by atoms with Gasteiger partial charge < -0.3 is 25.3 Å². The van der Waals surface area contributed by atoms with E-state index in [1.165, 1.54) is 6.08 Å². The number of aromatic amines is 1. The van der Waals surface area contributed by atoms with Crippen LogP contribution in [0.15, 0.2) is 55.8 Å². The molecule has 1 atom stereocenters. The summed E-state index contributed by atoms with van der Waals surface area (Å²) in [7, 11) is 0. The first-order valence-electron chi connectivity index (χ1n) is 14.0. The fraction of sp³-hybridized carbons (Fsp3) is 0.345. The maximum atomic E-state index is 13.0. The second-order valence-electron chi connectivity index (χ2n) is 10.3. The Hall–Kier alpha value is -4.75. The van der Waals surface area contributed by atoms with Gasteiger partial charge in [-0.05, 0) is 49.2 Å². The van der Waals surface area contributed by atoms with Crippen LogP contribution in [0.4, 0.5) is 11.5 Å². The number of likely N-dealkylation sites (tertiary alicyclic amines) is 1. The van der Waals surface area contributed by atoms with Crippen LogP contribution in [0.2, 0.25) is 0 Å². The van der Waals surface area contributed by atoms with E-state index in [2.05, 4.69) is 56.9 Å². The van der Waals surface area contributed by atoms with Crippen molar-refractivity contribution in [2.45, 2.75) is 25.4 Å². The molecule has 2 fully saturated rings. The molecule has 6 heterocycles. The maximum absolute atomic E-state index is 13.0. The topological polar surface area (TPSA) is 154 Å². The number of rotatable bonds is 8. The highest BCUT2D eigenvalue weighted by Crippen LogP contribution is 2.28. The molecular formula is C29H32N10O3. The van der Waals surface area contributed by atoms with Gasteiger partial charge in [-0.25, -0.2) is 19.9 Å². The highest BCUT2D eigenvalue weighted by molar-refractivity contribution is 6.02. The Bertz CT molecular complexity index is 1580. The van der Waals surface area contributed by atoms with Crippen molar-refractivity contribution in [1.82, 2.24) is 40.1 Å². The summed E-state index contributed by atoms with van der Waals surface area (Å²) >= 11 is 0. The molecule has 0 aromatic carbocycles. The molecule has 0 unspecified atom stereocenters. The van der Waals surface area contributed by atoms with E-state index in [0.29, 0.717) is 48.3 Å². The molecule has 2 amide bonds. The number of carbonyl (C=O) groups is 2. The van der Waals surface area contributed by atoms with Crippen molar-refractivity contribution in [3.8, 4) is 11.5 Å². The van der Waals surface area contributed by atoms with Gasteiger partial charge in [0, 0.05) is 38.4 Å². The fourth-order valence-corrected chi connectivity index (χ4v) is 5.33. The van der Waals surface area contributed by atoms with Crippen LogP contribution in [0.25, 0.3) is 22.6 Å². The number of pyridine rings is 1. The lowest BCUT2D eigenvalue weighted by Crippen LogP contribution is -2.46. The second-order valence-corrected chi connectivity index (χ2v) is 10.3. The molecule has 3 N–H and O–H groups in total. The van der Waals surface area contributed by atoms with E-state index in [1.807, 2.05) is 12.1 Å². The van der Waals surface area contributed by atoms with E-state index in [4.69, 9.17) is 4.74 Å². The van der Waals surface area contributed by atoms with E-state index < -0.39 is 0 Å². The molecular weight excluding hydrogens is 536 g/mol.